The van der Waals surface area contributed by atoms with Crippen LogP contribution in [0.5, 0.6) is 11.5 Å². The van der Waals surface area contributed by atoms with Gasteiger partial charge in [0.15, 0.2) is 17.2 Å². The molecule has 3 rings (SSSR count). The summed E-state index contributed by atoms with van der Waals surface area (Å²) >= 11 is 0. The molecule has 25 heavy (non-hydrogen) atoms. The van der Waals surface area contributed by atoms with E-state index in [0.29, 0.717) is 24.7 Å². The van der Waals surface area contributed by atoms with Gasteiger partial charge in [-0.15, -0.1) is 0 Å². The average Bonchev–Trinajstić information content (AvgIpc) is 3.03. The van der Waals surface area contributed by atoms with E-state index in [2.05, 4.69) is 10.4 Å². The highest BCUT2D eigenvalue weighted by Crippen LogP contribution is 2.32. The molecule has 1 aromatic carbocycles. The van der Waals surface area contributed by atoms with Gasteiger partial charge in [-0.25, -0.2) is 0 Å². The molecule has 9 heteroatoms. The van der Waals surface area contributed by atoms with E-state index in [1.165, 1.54) is 0 Å². The molecule has 1 unspecified atom stereocenters. The Morgan fingerprint density at radius 1 is 1.28 bits per heavy atom. The molecule has 2 aromatic rings. The summed E-state index contributed by atoms with van der Waals surface area (Å²) in [4.78, 5) is 12.0. The maximum atomic E-state index is 12.5. The Hall–Kier alpha value is -2.71. The number of aromatic nitrogens is 2. The Labute approximate surface area is 141 Å². The molecule has 0 saturated heterocycles. The zero-order valence-corrected chi connectivity index (χ0v) is 13.3. The molecule has 134 valence electrons. The van der Waals surface area contributed by atoms with Crippen LogP contribution in [0, 0.1) is 0 Å². The van der Waals surface area contributed by atoms with Crippen molar-refractivity contribution < 1.29 is 27.4 Å². The summed E-state index contributed by atoms with van der Waals surface area (Å²) in [5, 5.41) is 6.08. The first kappa shape index (κ1) is 17.1. The summed E-state index contributed by atoms with van der Waals surface area (Å²) in [6, 6.07) is 5.82. The van der Waals surface area contributed by atoms with Crippen LogP contribution in [0.15, 0.2) is 30.5 Å². The number of nitrogens with zero attached hydrogens (tertiary/aromatic N) is 2. The Balaban J connectivity index is 1.61. The summed E-state index contributed by atoms with van der Waals surface area (Å²) in [7, 11) is 0. The molecule has 1 aliphatic rings. The highest BCUT2D eigenvalue weighted by atomic mass is 19.4. The van der Waals surface area contributed by atoms with Gasteiger partial charge in [-0.3, -0.25) is 9.48 Å². The van der Waals surface area contributed by atoms with Crippen LogP contribution in [0.1, 0.15) is 24.2 Å². The molecular formula is C16H16F3N3O3. The molecule has 0 spiro atoms. The second kappa shape index (κ2) is 6.66. The van der Waals surface area contributed by atoms with Crippen molar-refractivity contribution in [2.45, 2.75) is 25.7 Å². The van der Waals surface area contributed by atoms with E-state index in [1.54, 1.807) is 25.1 Å². The topological polar surface area (TPSA) is 65.4 Å². The lowest BCUT2D eigenvalue weighted by atomic mass is 10.1. The molecule has 0 radical (unpaired) electrons. The molecular weight excluding hydrogens is 339 g/mol. The first-order valence-corrected chi connectivity index (χ1v) is 7.62. The van der Waals surface area contributed by atoms with Gasteiger partial charge in [0, 0.05) is 6.20 Å². The summed E-state index contributed by atoms with van der Waals surface area (Å²) < 4.78 is 49.4. The monoisotopic (exact) mass is 355 g/mol. The molecule has 1 N–H and O–H groups in total. The molecule has 0 bridgehead atoms. The van der Waals surface area contributed by atoms with Crippen molar-refractivity contribution in [3.05, 3.63) is 41.7 Å². The minimum Gasteiger partial charge on any atom is -0.486 e. The average molecular weight is 355 g/mol. The van der Waals surface area contributed by atoms with Gasteiger partial charge < -0.3 is 14.8 Å². The number of rotatable bonds is 4. The Kier molecular flexibility index (Phi) is 4.56. The lowest BCUT2D eigenvalue weighted by molar-refractivity contribution is -0.141. The number of hydrogen-bond acceptors (Lipinski definition) is 4. The fourth-order valence-corrected chi connectivity index (χ4v) is 2.45. The molecule has 1 amide bonds. The molecule has 0 aliphatic carbocycles. The number of alkyl halides is 3. The predicted octanol–water partition coefficient (Wildman–Crippen LogP) is 2.55. The zero-order chi connectivity index (χ0) is 18.0. The van der Waals surface area contributed by atoms with E-state index in [0.717, 1.165) is 22.5 Å². The van der Waals surface area contributed by atoms with Gasteiger partial charge in [0.05, 0.1) is 6.04 Å². The number of carbonyl (C=O) groups is 1. The number of ether oxygens (including phenoxy) is 2. The predicted molar refractivity (Wildman–Crippen MR) is 81.2 cm³/mol. The van der Waals surface area contributed by atoms with Crippen molar-refractivity contribution >= 4 is 5.91 Å². The molecule has 1 aromatic heterocycles. The molecule has 2 heterocycles. The lowest BCUT2D eigenvalue weighted by Gasteiger charge is -2.21. The van der Waals surface area contributed by atoms with E-state index < -0.39 is 17.8 Å². The van der Waals surface area contributed by atoms with E-state index in [-0.39, 0.29) is 12.6 Å². The van der Waals surface area contributed by atoms with Crippen molar-refractivity contribution in [1.82, 2.24) is 15.1 Å². The fraction of sp³-hybridized carbons (Fsp3) is 0.375. The molecule has 1 atom stereocenters. The Bertz CT molecular complexity index is 773. The van der Waals surface area contributed by atoms with Crippen LogP contribution in [0.25, 0.3) is 0 Å². The number of nitrogens with one attached hydrogen (secondary N) is 1. The molecule has 0 fully saturated rings. The van der Waals surface area contributed by atoms with E-state index in [9.17, 15) is 18.0 Å². The second-order valence-corrected chi connectivity index (χ2v) is 5.59. The third-order valence-electron chi connectivity index (χ3n) is 3.68. The summed E-state index contributed by atoms with van der Waals surface area (Å²) in [5.74, 6) is 0.802. The lowest BCUT2D eigenvalue weighted by Crippen LogP contribution is -2.30. The number of fused-ring (bicyclic) bond motifs is 1. The number of halogens is 3. The number of carbonyl (C=O) groups excluding carboxylic acids is 1. The first-order chi connectivity index (χ1) is 11.8. The third kappa shape index (κ3) is 4.04. The Morgan fingerprint density at radius 2 is 2.00 bits per heavy atom. The summed E-state index contributed by atoms with van der Waals surface area (Å²) in [6.07, 6.45) is -3.41. The van der Waals surface area contributed by atoms with E-state index in [4.69, 9.17) is 9.47 Å². The first-order valence-electron chi connectivity index (χ1n) is 7.62. The van der Waals surface area contributed by atoms with Crippen LogP contribution in [0.4, 0.5) is 13.2 Å². The maximum absolute atomic E-state index is 12.5. The standard InChI is InChI=1S/C16H16F3N3O3/c1-10(11-2-3-12-13(8-11)25-7-6-24-12)20-15(23)9-22-5-4-14(21-22)16(17,18)19/h2-5,8,10H,6-7,9H2,1H3,(H,20,23). The van der Waals surface area contributed by atoms with Gasteiger partial charge in [-0.05, 0) is 30.7 Å². The number of benzene rings is 1. The van der Waals surface area contributed by atoms with Gasteiger partial charge in [-0.1, -0.05) is 6.07 Å². The van der Waals surface area contributed by atoms with Crippen LogP contribution in [0.3, 0.4) is 0 Å². The largest absolute Gasteiger partial charge is 0.486 e. The highest BCUT2D eigenvalue weighted by Gasteiger charge is 2.33. The van der Waals surface area contributed by atoms with Gasteiger partial charge in [0.1, 0.15) is 19.8 Å². The minimum absolute atomic E-state index is 0.301. The van der Waals surface area contributed by atoms with Crippen molar-refractivity contribution in [2.75, 3.05) is 13.2 Å². The van der Waals surface area contributed by atoms with Gasteiger partial charge >= 0.3 is 6.18 Å². The van der Waals surface area contributed by atoms with Crippen molar-refractivity contribution in [1.29, 1.82) is 0 Å². The molecule has 6 nitrogen and oxygen atoms in total. The van der Waals surface area contributed by atoms with Crippen LogP contribution < -0.4 is 14.8 Å². The van der Waals surface area contributed by atoms with Crippen molar-refractivity contribution in [3.8, 4) is 11.5 Å². The Morgan fingerprint density at radius 3 is 2.68 bits per heavy atom. The van der Waals surface area contributed by atoms with Crippen LogP contribution in [-0.4, -0.2) is 28.9 Å². The molecule has 1 aliphatic heterocycles. The summed E-state index contributed by atoms with van der Waals surface area (Å²) in [5.41, 5.74) is -0.228. The van der Waals surface area contributed by atoms with E-state index in [1.807, 2.05) is 0 Å². The summed E-state index contributed by atoms with van der Waals surface area (Å²) in [6.45, 7) is 2.42. The van der Waals surface area contributed by atoms with Crippen LogP contribution in [-0.2, 0) is 17.5 Å². The van der Waals surface area contributed by atoms with Crippen LogP contribution in [0.2, 0.25) is 0 Å². The SMILES string of the molecule is CC(NC(=O)Cn1ccc(C(F)(F)F)n1)c1ccc2c(c1)OCCO2. The highest BCUT2D eigenvalue weighted by molar-refractivity contribution is 5.76. The van der Waals surface area contributed by atoms with Crippen molar-refractivity contribution in [2.24, 2.45) is 0 Å². The maximum Gasteiger partial charge on any atom is 0.435 e. The van der Waals surface area contributed by atoms with E-state index >= 15 is 0 Å². The minimum atomic E-state index is -4.53. The molecule has 0 saturated carbocycles. The third-order valence-corrected chi connectivity index (χ3v) is 3.68. The van der Waals surface area contributed by atoms with Crippen molar-refractivity contribution in [3.63, 3.8) is 0 Å². The fourth-order valence-electron chi connectivity index (χ4n) is 2.45. The van der Waals surface area contributed by atoms with Gasteiger partial charge in [0.2, 0.25) is 5.91 Å². The zero-order valence-electron chi connectivity index (χ0n) is 13.3. The number of hydrogen-bond donors (Lipinski definition) is 1. The normalized spacial score (nSPS) is 14.9. The van der Waals surface area contributed by atoms with Crippen LogP contribution >= 0.6 is 0 Å². The smallest absolute Gasteiger partial charge is 0.435 e. The second-order valence-electron chi connectivity index (χ2n) is 5.59. The number of amides is 1. The quantitative estimate of drug-likeness (QED) is 0.915. The van der Waals surface area contributed by atoms with Gasteiger partial charge in [0.25, 0.3) is 0 Å². The van der Waals surface area contributed by atoms with Gasteiger partial charge in [-0.2, -0.15) is 18.3 Å².